The first kappa shape index (κ1) is 16.1. The molecule has 0 aliphatic heterocycles. The molecule has 0 atom stereocenters. The topological polar surface area (TPSA) is 68.1 Å². The smallest absolute Gasteiger partial charge is 0.259 e. The van der Waals surface area contributed by atoms with E-state index >= 15 is 0 Å². The highest BCUT2D eigenvalue weighted by Gasteiger charge is 2.18. The van der Waals surface area contributed by atoms with E-state index in [-0.39, 0.29) is 18.1 Å². The van der Waals surface area contributed by atoms with Gasteiger partial charge in [-0.1, -0.05) is 0 Å². The number of ketones is 1. The summed E-state index contributed by atoms with van der Waals surface area (Å²) < 4.78 is 6.08. The second-order valence-corrected chi connectivity index (χ2v) is 6.10. The number of nitrogens with zero attached hydrogens (tertiary/aromatic N) is 4. The maximum atomic E-state index is 12.6. The second kappa shape index (κ2) is 6.76. The van der Waals surface area contributed by atoms with E-state index in [1.54, 1.807) is 19.2 Å². The third-order valence-corrected chi connectivity index (χ3v) is 4.30. The Hall–Kier alpha value is -2.80. The van der Waals surface area contributed by atoms with Crippen molar-refractivity contribution in [3.05, 3.63) is 60.2 Å². The molecule has 0 aliphatic carbocycles. The number of Topliss-reactive ketones (excluding diaryl/α,β-unsaturated/α-hetero) is 1. The molecule has 0 spiro atoms. The van der Waals surface area contributed by atoms with Crippen LogP contribution in [0.4, 0.5) is 5.13 Å². The summed E-state index contributed by atoms with van der Waals surface area (Å²) in [6.45, 7) is 1.49. The van der Waals surface area contributed by atoms with Gasteiger partial charge in [-0.25, -0.2) is 4.98 Å². The van der Waals surface area contributed by atoms with Crippen molar-refractivity contribution >= 4 is 28.4 Å². The molecule has 2 heterocycles. The van der Waals surface area contributed by atoms with Gasteiger partial charge in [0.25, 0.3) is 5.91 Å². The summed E-state index contributed by atoms with van der Waals surface area (Å²) in [7, 11) is 1.65. The normalized spacial score (nSPS) is 10.6. The lowest BCUT2D eigenvalue weighted by Gasteiger charge is -2.13. The van der Waals surface area contributed by atoms with Crippen LogP contribution in [0.25, 0.3) is 5.69 Å². The molecule has 0 fully saturated rings. The zero-order valence-corrected chi connectivity index (χ0v) is 14.2. The fourth-order valence-corrected chi connectivity index (χ4v) is 2.88. The van der Waals surface area contributed by atoms with Crippen LogP contribution in [0, 0.1) is 0 Å². The van der Waals surface area contributed by atoms with E-state index in [0.29, 0.717) is 16.5 Å². The number of amides is 1. The summed E-state index contributed by atoms with van der Waals surface area (Å²) >= 11 is 1.11. The average Bonchev–Trinajstić information content (AvgIpc) is 3.25. The van der Waals surface area contributed by atoms with Crippen LogP contribution in [-0.4, -0.2) is 32.7 Å². The largest absolute Gasteiger partial charge is 0.324 e. The van der Waals surface area contributed by atoms with E-state index in [4.69, 9.17) is 0 Å². The Kier molecular flexibility index (Phi) is 4.52. The Balaban J connectivity index is 1.75. The van der Waals surface area contributed by atoms with Gasteiger partial charge in [0.1, 0.15) is 5.78 Å². The van der Waals surface area contributed by atoms with Crippen LogP contribution in [0.1, 0.15) is 23.1 Å². The number of carbonyl (C=O) groups excluding carboxylic acids is 2. The van der Waals surface area contributed by atoms with Crippen molar-refractivity contribution in [3.8, 4) is 5.69 Å². The molecule has 7 heteroatoms. The molecule has 0 aliphatic rings. The SMILES string of the molecule is CC(=O)Cc1nsc(N(C)C(=O)c2ccc(-n3cccc3)cc2)n1. The summed E-state index contributed by atoms with van der Waals surface area (Å²) in [6.07, 6.45) is 4.07. The summed E-state index contributed by atoms with van der Waals surface area (Å²) in [4.78, 5) is 29.4. The van der Waals surface area contributed by atoms with Gasteiger partial charge < -0.3 is 4.57 Å². The Labute approximate surface area is 143 Å². The van der Waals surface area contributed by atoms with E-state index in [1.807, 2.05) is 41.2 Å². The fraction of sp³-hybridized carbons (Fsp3) is 0.176. The highest BCUT2D eigenvalue weighted by atomic mass is 32.1. The van der Waals surface area contributed by atoms with Crippen molar-refractivity contribution in [2.45, 2.75) is 13.3 Å². The molecule has 2 aromatic heterocycles. The first-order chi connectivity index (χ1) is 11.5. The number of rotatable bonds is 5. The van der Waals surface area contributed by atoms with E-state index in [1.165, 1.54) is 11.8 Å². The van der Waals surface area contributed by atoms with Gasteiger partial charge in [-0.2, -0.15) is 4.37 Å². The van der Waals surface area contributed by atoms with Crippen LogP contribution in [0.2, 0.25) is 0 Å². The predicted molar refractivity (Wildman–Crippen MR) is 92.8 cm³/mol. The van der Waals surface area contributed by atoms with Crippen molar-refractivity contribution in [2.24, 2.45) is 0 Å². The molecule has 3 rings (SSSR count). The van der Waals surface area contributed by atoms with Crippen molar-refractivity contribution in [1.82, 2.24) is 13.9 Å². The minimum Gasteiger partial charge on any atom is -0.324 e. The number of anilines is 1. The molecule has 0 N–H and O–H groups in total. The Bertz CT molecular complexity index is 853. The number of carbonyl (C=O) groups is 2. The van der Waals surface area contributed by atoms with Gasteiger partial charge in [0.2, 0.25) is 5.13 Å². The maximum absolute atomic E-state index is 12.6. The maximum Gasteiger partial charge on any atom is 0.259 e. The molecule has 0 saturated heterocycles. The van der Waals surface area contributed by atoms with Crippen molar-refractivity contribution in [3.63, 3.8) is 0 Å². The molecule has 0 radical (unpaired) electrons. The van der Waals surface area contributed by atoms with Crippen LogP contribution in [0.15, 0.2) is 48.8 Å². The van der Waals surface area contributed by atoms with E-state index in [0.717, 1.165) is 17.2 Å². The molecule has 122 valence electrons. The molecule has 24 heavy (non-hydrogen) atoms. The van der Waals surface area contributed by atoms with Gasteiger partial charge in [0, 0.05) is 42.2 Å². The van der Waals surface area contributed by atoms with Crippen molar-refractivity contribution in [1.29, 1.82) is 0 Å². The van der Waals surface area contributed by atoms with Gasteiger partial charge in [-0.05, 0) is 43.3 Å². The molecule has 3 aromatic rings. The number of aromatic nitrogens is 3. The van der Waals surface area contributed by atoms with Gasteiger partial charge in [-0.3, -0.25) is 14.5 Å². The molecular weight excluding hydrogens is 324 g/mol. The van der Waals surface area contributed by atoms with Gasteiger partial charge >= 0.3 is 0 Å². The molecule has 0 bridgehead atoms. The number of hydrogen-bond acceptors (Lipinski definition) is 5. The Morgan fingerprint density at radius 3 is 2.46 bits per heavy atom. The monoisotopic (exact) mass is 340 g/mol. The molecule has 0 unspecified atom stereocenters. The zero-order valence-electron chi connectivity index (χ0n) is 13.3. The summed E-state index contributed by atoms with van der Waals surface area (Å²) in [5, 5.41) is 0.478. The standard InChI is InChI=1S/C17H16N4O2S/c1-12(22)11-15-18-17(24-19-15)20(2)16(23)13-5-7-14(8-6-13)21-9-3-4-10-21/h3-10H,11H2,1-2H3. The fourth-order valence-electron chi connectivity index (χ4n) is 2.24. The highest BCUT2D eigenvalue weighted by molar-refractivity contribution is 7.10. The lowest BCUT2D eigenvalue weighted by atomic mass is 10.2. The molecule has 1 amide bonds. The van der Waals surface area contributed by atoms with Crippen LogP contribution in [0.5, 0.6) is 0 Å². The first-order valence-corrected chi connectivity index (χ1v) is 8.15. The Morgan fingerprint density at radius 2 is 1.83 bits per heavy atom. The van der Waals surface area contributed by atoms with E-state index in [2.05, 4.69) is 9.36 Å². The highest BCUT2D eigenvalue weighted by Crippen LogP contribution is 2.19. The van der Waals surface area contributed by atoms with Crippen molar-refractivity contribution in [2.75, 3.05) is 11.9 Å². The second-order valence-electron chi connectivity index (χ2n) is 5.37. The van der Waals surface area contributed by atoms with E-state index in [9.17, 15) is 9.59 Å². The zero-order chi connectivity index (χ0) is 17.1. The van der Waals surface area contributed by atoms with Gasteiger partial charge in [0.15, 0.2) is 5.82 Å². The number of hydrogen-bond donors (Lipinski definition) is 0. The predicted octanol–water partition coefficient (Wildman–Crippen LogP) is 2.74. The van der Waals surface area contributed by atoms with Crippen LogP contribution in [0.3, 0.4) is 0 Å². The summed E-state index contributed by atoms with van der Waals surface area (Å²) in [6, 6.07) is 11.2. The summed E-state index contributed by atoms with van der Waals surface area (Å²) in [5.74, 6) is 0.276. The van der Waals surface area contributed by atoms with Crippen molar-refractivity contribution < 1.29 is 9.59 Å². The van der Waals surface area contributed by atoms with E-state index < -0.39 is 0 Å². The first-order valence-electron chi connectivity index (χ1n) is 7.38. The van der Waals surface area contributed by atoms with Crippen LogP contribution >= 0.6 is 11.5 Å². The lowest BCUT2D eigenvalue weighted by Crippen LogP contribution is -2.26. The average molecular weight is 340 g/mol. The molecule has 6 nitrogen and oxygen atoms in total. The third kappa shape index (κ3) is 3.41. The molecular formula is C17H16N4O2S. The number of benzene rings is 1. The van der Waals surface area contributed by atoms with Crippen LogP contribution < -0.4 is 4.90 Å². The third-order valence-electron chi connectivity index (χ3n) is 3.47. The molecule has 1 aromatic carbocycles. The Morgan fingerprint density at radius 1 is 1.17 bits per heavy atom. The lowest BCUT2D eigenvalue weighted by molar-refractivity contribution is -0.116. The molecule has 0 saturated carbocycles. The van der Waals surface area contributed by atoms with Gasteiger partial charge in [-0.15, -0.1) is 0 Å². The summed E-state index contributed by atoms with van der Waals surface area (Å²) in [5.41, 5.74) is 1.55. The van der Waals surface area contributed by atoms with Gasteiger partial charge in [0.05, 0.1) is 6.42 Å². The minimum absolute atomic E-state index is 0.00562. The minimum atomic E-state index is -0.167. The van der Waals surface area contributed by atoms with Crippen LogP contribution in [-0.2, 0) is 11.2 Å². The quantitative estimate of drug-likeness (QED) is 0.716.